The number of amides is 1. The molecular weight excluding hydrogens is 356 g/mol. The van der Waals surface area contributed by atoms with Crippen LogP contribution in [0.2, 0.25) is 0 Å². The highest BCUT2D eigenvalue weighted by Crippen LogP contribution is 2.14. The lowest BCUT2D eigenvalue weighted by molar-refractivity contribution is -0.118. The molecule has 2 aromatic carbocycles. The van der Waals surface area contributed by atoms with Crippen LogP contribution in [0.3, 0.4) is 0 Å². The maximum atomic E-state index is 12.2. The van der Waals surface area contributed by atoms with E-state index < -0.39 is 0 Å². The zero-order chi connectivity index (χ0) is 18.9. The third kappa shape index (κ3) is 6.15. The number of aryl methyl sites for hydroxylation is 1. The van der Waals surface area contributed by atoms with Crippen molar-refractivity contribution in [3.05, 3.63) is 87.9 Å². The van der Waals surface area contributed by atoms with Crippen LogP contribution in [0.4, 0.5) is 0 Å². The lowest BCUT2D eigenvalue weighted by atomic mass is 10.1. The van der Waals surface area contributed by atoms with Gasteiger partial charge in [-0.2, -0.15) is 0 Å². The van der Waals surface area contributed by atoms with Crippen LogP contribution < -0.4 is 5.32 Å². The van der Waals surface area contributed by atoms with E-state index in [-0.39, 0.29) is 11.7 Å². The molecule has 0 aliphatic carbocycles. The molecule has 5 heteroatoms. The summed E-state index contributed by atoms with van der Waals surface area (Å²) in [4.78, 5) is 28.6. The van der Waals surface area contributed by atoms with Crippen molar-refractivity contribution in [3.63, 3.8) is 0 Å². The van der Waals surface area contributed by atoms with E-state index in [2.05, 4.69) is 10.3 Å². The minimum atomic E-state index is -0.165. The molecule has 0 unspecified atom stereocenters. The van der Waals surface area contributed by atoms with Crippen LogP contribution in [-0.2, 0) is 24.2 Å². The zero-order valence-corrected chi connectivity index (χ0v) is 15.9. The zero-order valence-electron chi connectivity index (χ0n) is 15.1. The summed E-state index contributed by atoms with van der Waals surface area (Å²) in [7, 11) is 0. The Hall–Kier alpha value is -2.79. The molecule has 1 amide bonds. The quantitative estimate of drug-likeness (QED) is 0.607. The number of rotatable bonds is 9. The summed E-state index contributed by atoms with van der Waals surface area (Å²) in [6, 6.07) is 19.6. The van der Waals surface area contributed by atoms with E-state index in [0.29, 0.717) is 25.1 Å². The molecule has 3 aromatic rings. The molecule has 1 N–H and O–H groups in total. The van der Waals surface area contributed by atoms with Crippen molar-refractivity contribution in [1.82, 2.24) is 10.3 Å². The number of hydrogen-bond donors (Lipinski definition) is 1. The molecular formula is C22H22N2O2S. The van der Waals surface area contributed by atoms with Crippen molar-refractivity contribution in [1.29, 1.82) is 0 Å². The highest BCUT2D eigenvalue weighted by atomic mass is 32.1. The number of carbonyl (C=O) groups excluding carboxylic acids is 2. The largest absolute Gasteiger partial charge is 0.347 e. The number of aromatic nitrogens is 1. The molecule has 0 radical (unpaired) electrons. The number of Topliss-reactive ketones (excluding diaryl/α,β-unsaturated/α-hetero) is 1. The van der Waals surface area contributed by atoms with Crippen LogP contribution in [0.1, 0.15) is 39.5 Å². The monoisotopic (exact) mass is 378 g/mol. The third-order valence-corrected chi connectivity index (χ3v) is 5.08. The maximum Gasteiger partial charge on any atom is 0.271 e. The molecule has 0 aliphatic rings. The van der Waals surface area contributed by atoms with Gasteiger partial charge in [-0.15, -0.1) is 11.3 Å². The first-order chi connectivity index (χ1) is 13.2. The molecule has 0 saturated carbocycles. The number of hydrogen-bond acceptors (Lipinski definition) is 4. The van der Waals surface area contributed by atoms with Crippen molar-refractivity contribution < 1.29 is 9.59 Å². The molecule has 27 heavy (non-hydrogen) atoms. The SMILES string of the molecule is O=C(CCCc1nc(C(=O)NCc2ccccc2)cs1)Cc1ccccc1. The molecule has 138 valence electrons. The van der Waals surface area contributed by atoms with Gasteiger partial charge in [-0.1, -0.05) is 60.7 Å². The summed E-state index contributed by atoms with van der Waals surface area (Å²) in [6.07, 6.45) is 2.48. The van der Waals surface area contributed by atoms with E-state index in [1.807, 2.05) is 60.7 Å². The van der Waals surface area contributed by atoms with E-state index in [9.17, 15) is 9.59 Å². The van der Waals surface area contributed by atoms with Gasteiger partial charge in [0.2, 0.25) is 0 Å². The summed E-state index contributed by atoms with van der Waals surface area (Å²) in [6.45, 7) is 0.487. The number of carbonyl (C=O) groups is 2. The first kappa shape index (κ1) is 19.0. The predicted molar refractivity (Wildman–Crippen MR) is 108 cm³/mol. The molecule has 4 nitrogen and oxygen atoms in total. The Bertz CT molecular complexity index is 876. The van der Waals surface area contributed by atoms with E-state index in [1.54, 1.807) is 5.38 Å². The summed E-state index contributed by atoms with van der Waals surface area (Å²) in [5.74, 6) is 0.0695. The van der Waals surface area contributed by atoms with Crippen LogP contribution >= 0.6 is 11.3 Å². The smallest absolute Gasteiger partial charge is 0.271 e. The van der Waals surface area contributed by atoms with Gasteiger partial charge in [0.05, 0.1) is 5.01 Å². The van der Waals surface area contributed by atoms with E-state index in [0.717, 1.165) is 29.0 Å². The van der Waals surface area contributed by atoms with Crippen LogP contribution in [0.5, 0.6) is 0 Å². The number of benzene rings is 2. The van der Waals surface area contributed by atoms with Crippen LogP contribution in [0.15, 0.2) is 66.0 Å². The summed E-state index contributed by atoms with van der Waals surface area (Å²) >= 11 is 1.47. The van der Waals surface area contributed by atoms with Gasteiger partial charge < -0.3 is 5.32 Å². The second-order valence-electron chi connectivity index (χ2n) is 6.35. The van der Waals surface area contributed by atoms with E-state index in [1.165, 1.54) is 11.3 Å². The summed E-state index contributed by atoms with van der Waals surface area (Å²) < 4.78 is 0. The van der Waals surface area contributed by atoms with Gasteiger partial charge >= 0.3 is 0 Å². The predicted octanol–water partition coefficient (Wildman–Crippen LogP) is 4.21. The molecule has 0 atom stereocenters. The Morgan fingerprint density at radius 1 is 0.926 bits per heavy atom. The van der Waals surface area contributed by atoms with Gasteiger partial charge in [0.25, 0.3) is 5.91 Å². The fraction of sp³-hybridized carbons (Fsp3) is 0.227. The fourth-order valence-electron chi connectivity index (χ4n) is 2.75. The highest BCUT2D eigenvalue weighted by Gasteiger charge is 2.11. The lowest BCUT2D eigenvalue weighted by Gasteiger charge is -2.03. The van der Waals surface area contributed by atoms with Gasteiger partial charge in [-0.05, 0) is 24.0 Å². The van der Waals surface area contributed by atoms with Crippen molar-refractivity contribution in [3.8, 4) is 0 Å². The molecule has 0 spiro atoms. The van der Waals surface area contributed by atoms with Crippen LogP contribution in [0, 0.1) is 0 Å². The van der Waals surface area contributed by atoms with Gasteiger partial charge in [0.15, 0.2) is 0 Å². The van der Waals surface area contributed by atoms with Gasteiger partial charge in [-0.3, -0.25) is 9.59 Å². The van der Waals surface area contributed by atoms with Gasteiger partial charge in [-0.25, -0.2) is 4.98 Å². The van der Waals surface area contributed by atoms with Crippen molar-refractivity contribution in [2.45, 2.75) is 32.2 Å². The van der Waals surface area contributed by atoms with E-state index in [4.69, 9.17) is 0 Å². The van der Waals surface area contributed by atoms with Crippen molar-refractivity contribution in [2.24, 2.45) is 0 Å². The second-order valence-corrected chi connectivity index (χ2v) is 7.29. The molecule has 0 fully saturated rings. The molecule has 0 bridgehead atoms. The molecule has 0 saturated heterocycles. The minimum absolute atomic E-state index is 0.165. The topological polar surface area (TPSA) is 59.1 Å². The Labute approximate surface area is 163 Å². The Kier molecular flexibility index (Phi) is 6.88. The van der Waals surface area contributed by atoms with Crippen LogP contribution in [-0.4, -0.2) is 16.7 Å². The third-order valence-electron chi connectivity index (χ3n) is 4.17. The first-order valence-corrected chi connectivity index (χ1v) is 9.91. The fourth-order valence-corrected chi connectivity index (χ4v) is 3.57. The van der Waals surface area contributed by atoms with Crippen molar-refractivity contribution in [2.75, 3.05) is 0 Å². The maximum absolute atomic E-state index is 12.2. The first-order valence-electron chi connectivity index (χ1n) is 9.03. The summed E-state index contributed by atoms with van der Waals surface area (Å²) in [5, 5.41) is 5.56. The van der Waals surface area contributed by atoms with E-state index >= 15 is 0 Å². The Morgan fingerprint density at radius 2 is 1.59 bits per heavy atom. The average Bonchev–Trinajstić information content (AvgIpc) is 3.17. The number of nitrogens with zero attached hydrogens (tertiary/aromatic N) is 1. The molecule has 0 aliphatic heterocycles. The summed E-state index contributed by atoms with van der Waals surface area (Å²) in [5.41, 5.74) is 2.55. The highest BCUT2D eigenvalue weighted by molar-refractivity contribution is 7.09. The Balaban J connectivity index is 1.41. The average molecular weight is 378 g/mol. The number of ketones is 1. The standard InChI is InChI=1S/C22H22N2O2S/c25-19(14-17-8-3-1-4-9-17)12-7-13-21-24-20(16-27-21)22(26)23-15-18-10-5-2-6-11-18/h1-6,8-11,16H,7,12-15H2,(H,23,26). The number of thiazole rings is 1. The minimum Gasteiger partial charge on any atom is -0.347 e. The second kappa shape index (κ2) is 9.78. The molecule has 1 heterocycles. The van der Waals surface area contributed by atoms with Crippen LogP contribution in [0.25, 0.3) is 0 Å². The lowest BCUT2D eigenvalue weighted by Crippen LogP contribution is -2.23. The number of nitrogens with one attached hydrogen (secondary N) is 1. The normalized spacial score (nSPS) is 10.5. The molecule has 3 rings (SSSR count). The van der Waals surface area contributed by atoms with Gasteiger partial charge in [0.1, 0.15) is 11.5 Å². The Morgan fingerprint density at radius 3 is 2.30 bits per heavy atom. The van der Waals surface area contributed by atoms with Gasteiger partial charge in [0, 0.05) is 24.8 Å². The molecule has 1 aromatic heterocycles. The van der Waals surface area contributed by atoms with Crippen molar-refractivity contribution >= 4 is 23.0 Å².